The Kier molecular flexibility index (Phi) is 7.23. The predicted molar refractivity (Wildman–Crippen MR) is 105 cm³/mol. The first-order valence-electron chi connectivity index (χ1n) is 8.84. The maximum absolute atomic E-state index is 12.2. The minimum atomic E-state index is -0.446. The third-order valence-electron chi connectivity index (χ3n) is 3.77. The number of aryl methyl sites for hydroxylation is 1. The number of rotatable bonds is 8. The molecule has 0 fully saturated rings. The molecule has 0 aliphatic carbocycles. The maximum Gasteiger partial charge on any atom is 0.337 e. The molecule has 0 atom stereocenters. The molecule has 2 aromatic carbocycles. The first-order chi connectivity index (χ1) is 12.9. The number of hydrogen-bond acceptors (Lipinski definition) is 5. The number of ether oxygens (including phenoxy) is 2. The summed E-state index contributed by atoms with van der Waals surface area (Å²) in [4.78, 5) is 23.9. The summed E-state index contributed by atoms with van der Waals surface area (Å²) >= 11 is 0. The van der Waals surface area contributed by atoms with E-state index in [0.29, 0.717) is 23.5 Å². The van der Waals surface area contributed by atoms with Gasteiger partial charge in [0.1, 0.15) is 5.75 Å². The topological polar surface area (TPSA) is 76.7 Å². The van der Waals surface area contributed by atoms with Crippen LogP contribution in [0.25, 0.3) is 0 Å². The van der Waals surface area contributed by atoms with E-state index in [1.807, 2.05) is 45.0 Å². The Bertz CT molecular complexity index is 803. The Morgan fingerprint density at radius 2 is 1.89 bits per heavy atom. The Hall–Kier alpha value is -3.02. The van der Waals surface area contributed by atoms with Gasteiger partial charge in [-0.1, -0.05) is 29.8 Å². The number of methoxy groups -OCH3 is 1. The van der Waals surface area contributed by atoms with E-state index in [9.17, 15) is 9.59 Å². The Labute approximate surface area is 159 Å². The molecule has 0 aliphatic rings. The molecule has 0 unspecified atom stereocenters. The maximum atomic E-state index is 12.2. The van der Waals surface area contributed by atoms with E-state index in [1.54, 1.807) is 18.2 Å². The van der Waals surface area contributed by atoms with E-state index in [1.165, 1.54) is 7.11 Å². The van der Waals surface area contributed by atoms with Gasteiger partial charge in [0.15, 0.2) is 0 Å². The standard InChI is InChI=1S/C21H26N2O4/c1-14(2)27-19-9-8-17(21(25)26-4)11-18(19)22-13-20(24)23-12-16-7-5-6-15(3)10-16/h5-11,14,22H,12-13H2,1-4H3,(H,23,24). The molecule has 2 rings (SSSR count). The second kappa shape index (κ2) is 9.62. The summed E-state index contributed by atoms with van der Waals surface area (Å²) in [6.07, 6.45) is -0.0373. The normalized spacial score (nSPS) is 10.4. The van der Waals surface area contributed by atoms with Gasteiger partial charge >= 0.3 is 5.97 Å². The molecule has 27 heavy (non-hydrogen) atoms. The van der Waals surface area contributed by atoms with Crippen LogP contribution < -0.4 is 15.4 Å². The van der Waals surface area contributed by atoms with Gasteiger partial charge in [-0.25, -0.2) is 4.79 Å². The van der Waals surface area contributed by atoms with Crippen molar-refractivity contribution in [1.29, 1.82) is 0 Å². The molecule has 0 bridgehead atoms. The van der Waals surface area contributed by atoms with Crippen LogP contribution in [0, 0.1) is 6.92 Å². The second-order valence-corrected chi connectivity index (χ2v) is 6.49. The van der Waals surface area contributed by atoms with Gasteiger partial charge in [0.05, 0.1) is 31.0 Å². The molecule has 6 nitrogen and oxygen atoms in total. The molecule has 0 aliphatic heterocycles. The lowest BCUT2D eigenvalue weighted by Crippen LogP contribution is -2.29. The van der Waals surface area contributed by atoms with Crippen molar-refractivity contribution in [3.05, 3.63) is 59.2 Å². The summed E-state index contributed by atoms with van der Waals surface area (Å²) in [6, 6.07) is 12.9. The average molecular weight is 370 g/mol. The fraction of sp³-hybridized carbons (Fsp3) is 0.333. The molecule has 0 saturated heterocycles. The van der Waals surface area contributed by atoms with Gasteiger partial charge < -0.3 is 20.1 Å². The molecule has 2 aromatic rings. The Balaban J connectivity index is 2.01. The van der Waals surface area contributed by atoms with Gasteiger partial charge in [-0.2, -0.15) is 0 Å². The van der Waals surface area contributed by atoms with E-state index in [2.05, 4.69) is 10.6 Å². The van der Waals surface area contributed by atoms with Crippen molar-refractivity contribution in [1.82, 2.24) is 5.32 Å². The minimum Gasteiger partial charge on any atom is -0.489 e. The molecule has 0 spiro atoms. The third-order valence-corrected chi connectivity index (χ3v) is 3.77. The van der Waals surface area contributed by atoms with Gasteiger partial charge in [0, 0.05) is 6.54 Å². The summed E-state index contributed by atoms with van der Waals surface area (Å²) in [5.74, 6) is -0.0299. The zero-order valence-electron chi connectivity index (χ0n) is 16.2. The average Bonchev–Trinajstić information content (AvgIpc) is 2.64. The molecular formula is C21H26N2O4. The minimum absolute atomic E-state index is 0.0373. The fourth-order valence-electron chi connectivity index (χ4n) is 2.53. The van der Waals surface area contributed by atoms with Crippen LogP contribution in [-0.2, 0) is 16.1 Å². The lowest BCUT2D eigenvalue weighted by Gasteiger charge is -2.16. The molecule has 2 N–H and O–H groups in total. The van der Waals surface area contributed by atoms with Crippen LogP contribution in [0.2, 0.25) is 0 Å². The van der Waals surface area contributed by atoms with Crippen molar-refractivity contribution in [3.63, 3.8) is 0 Å². The van der Waals surface area contributed by atoms with Gasteiger partial charge in [-0.15, -0.1) is 0 Å². The van der Waals surface area contributed by atoms with Gasteiger partial charge in [-0.3, -0.25) is 4.79 Å². The van der Waals surface area contributed by atoms with Gasteiger partial charge in [0.2, 0.25) is 5.91 Å². The molecule has 0 aromatic heterocycles. The molecule has 0 heterocycles. The van der Waals surface area contributed by atoms with Crippen LogP contribution in [0.1, 0.15) is 35.3 Å². The highest BCUT2D eigenvalue weighted by Gasteiger charge is 2.13. The SMILES string of the molecule is COC(=O)c1ccc(OC(C)C)c(NCC(=O)NCc2cccc(C)c2)c1. The number of esters is 1. The van der Waals surface area contributed by atoms with Gasteiger partial charge in [-0.05, 0) is 44.5 Å². The highest BCUT2D eigenvalue weighted by atomic mass is 16.5. The Morgan fingerprint density at radius 1 is 1.11 bits per heavy atom. The first-order valence-corrected chi connectivity index (χ1v) is 8.84. The largest absolute Gasteiger partial charge is 0.489 e. The summed E-state index contributed by atoms with van der Waals surface area (Å²) in [6.45, 7) is 6.35. The molecule has 0 saturated carbocycles. The van der Waals surface area contributed by atoms with Crippen molar-refractivity contribution < 1.29 is 19.1 Å². The highest BCUT2D eigenvalue weighted by molar-refractivity contribution is 5.91. The van der Waals surface area contributed by atoms with Crippen molar-refractivity contribution in [3.8, 4) is 5.75 Å². The summed E-state index contributed by atoms with van der Waals surface area (Å²) in [5, 5.41) is 5.91. The first kappa shape index (κ1) is 20.3. The van der Waals surface area contributed by atoms with E-state index < -0.39 is 5.97 Å². The molecule has 6 heteroatoms. The summed E-state index contributed by atoms with van der Waals surface area (Å²) < 4.78 is 10.5. The number of anilines is 1. The molecule has 0 radical (unpaired) electrons. The van der Waals surface area contributed by atoms with Crippen LogP contribution in [0.3, 0.4) is 0 Å². The quantitative estimate of drug-likeness (QED) is 0.697. The number of benzene rings is 2. The molecule has 1 amide bonds. The van der Waals surface area contributed by atoms with Crippen molar-refractivity contribution >= 4 is 17.6 Å². The molecular weight excluding hydrogens is 344 g/mol. The lowest BCUT2D eigenvalue weighted by atomic mass is 10.1. The van der Waals surface area contributed by atoms with E-state index >= 15 is 0 Å². The Morgan fingerprint density at radius 3 is 2.56 bits per heavy atom. The summed E-state index contributed by atoms with van der Waals surface area (Å²) in [5.41, 5.74) is 3.14. The van der Waals surface area contributed by atoms with Crippen LogP contribution >= 0.6 is 0 Å². The van der Waals surface area contributed by atoms with Crippen molar-refractivity contribution in [2.45, 2.75) is 33.4 Å². The third kappa shape index (κ3) is 6.33. The van der Waals surface area contributed by atoms with E-state index in [0.717, 1.165) is 11.1 Å². The van der Waals surface area contributed by atoms with Crippen LogP contribution in [0.4, 0.5) is 5.69 Å². The van der Waals surface area contributed by atoms with Crippen LogP contribution in [0.5, 0.6) is 5.75 Å². The van der Waals surface area contributed by atoms with Crippen molar-refractivity contribution in [2.24, 2.45) is 0 Å². The zero-order valence-corrected chi connectivity index (χ0v) is 16.2. The predicted octanol–water partition coefficient (Wildman–Crippen LogP) is 3.30. The number of carbonyl (C=O) groups excluding carboxylic acids is 2. The zero-order chi connectivity index (χ0) is 19.8. The number of hydrogen-bond donors (Lipinski definition) is 2. The van der Waals surface area contributed by atoms with Crippen molar-refractivity contribution in [2.75, 3.05) is 19.0 Å². The summed E-state index contributed by atoms with van der Waals surface area (Å²) in [7, 11) is 1.33. The molecule has 144 valence electrons. The smallest absolute Gasteiger partial charge is 0.337 e. The van der Waals surface area contributed by atoms with E-state index in [4.69, 9.17) is 9.47 Å². The van der Waals surface area contributed by atoms with Gasteiger partial charge in [0.25, 0.3) is 0 Å². The monoisotopic (exact) mass is 370 g/mol. The van der Waals surface area contributed by atoms with Crippen LogP contribution in [-0.4, -0.2) is 31.6 Å². The fourth-order valence-corrected chi connectivity index (χ4v) is 2.53. The van der Waals surface area contributed by atoms with E-state index in [-0.39, 0.29) is 18.6 Å². The lowest BCUT2D eigenvalue weighted by molar-refractivity contribution is -0.119. The number of nitrogens with one attached hydrogen (secondary N) is 2. The second-order valence-electron chi connectivity index (χ2n) is 6.49. The number of amides is 1. The highest BCUT2D eigenvalue weighted by Crippen LogP contribution is 2.27. The van der Waals surface area contributed by atoms with Crippen LogP contribution in [0.15, 0.2) is 42.5 Å². The number of carbonyl (C=O) groups is 2.